The molecule has 0 aromatic rings. The number of hydrogen-bond acceptors (Lipinski definition) is 4. The fraction of sp³-hybridized carbons (Fsp3) is 0.846. The van der Waals surface area contributed by atoms with Crippen molar-refractivity contribution in [2.45, 2.75) is 32.2 Å². The summed E-state index contributed by atoms with van der Waals surface area (Å²) in [6.07, 6.45) is 4.14. The summed E-state index contributed by atoms with van der Waals surface area (Å²) in [5.74, 6) is -0.293. The number of hydrogen-bond donors (Lipinski definition) is 3. The summed E-state index contributed by atoms with van der Waals surface area (Å²) in [6, 6.07) is -1.24. The Hall–Kier alpha value is -0.950. The van der Waals surface area contributed by atoms with Crippen molar-refractivity contribution in [1.82, 2.24) is 10.6 Å². The molecule has 1 heterocycles. The van der Waals surface area contributed by atoms with Crippen LogP contribution in [0.2, 0.25) is 0 Å². The average molecular weight is 304 g/mol. The highest BCUT2D eigenvalue weighted by Crippen LogP contribution is 2.28. The largest absolute Gasteiger partial charge is 0.480 e. The number of carbonyl (C=O) groups is 2. The zero-order valence-electron chi connectivity index (χ0n) is 12.1. The molecule has 0 bridgehead atoms. The summed E-state index contributed by atoms with van der Waals surface area (Å²) in [4.78, 5) is 22.8. The van der Waals surface area contributed by atoms with Gasteiger partial charge in [-0.25, -0.2) is 9.59 Å². The van der Waals surface area contributed by atoms with E-state index in [1.807, 2.05) is 6.26 Å². The monoisotopic (exact) mass is 304 g/mol. The zero-order chi connectivity index (χ0) is 15.0. The maximum atomic E-state index is 11.8. The number of aliphatic carboxylic acids is 1. The van der Waals surface area contributed by atoms with Gasteiger partial charge in [-0.3, -0.25) is 0 Å². The number of carboxylic acid groups (broad SMARTS) is 1. The molecule has 2 amide bonds. The van der Waals surface area contributed by atoms with Gasteiger partial charge in [-0.1, -0.05) is 6.92 Å². The molecule has 0 aromatic carbocycles. The first kappa shape index (κ1) is 17.1. The lowest BCUT2D eigenvalue weighted by molar-refractivity contribution is -0.139. The first-order valence-electron chi connectivity index (χ1n) is 6.81. The minimum absolute atomic E-state index is 0.0353. The van der Waals surface area contributed by atoms with Crippen LogP contribution in [-0.2, 0) is 9.53 Å². The van der Waals surface area contributed by atoms with Crippen molar-refractivity contribution in [3.63, 3.8) is 0 Å². The molecule has 6 nitrogen and oxygen atoms in total. The zero-order valence-corrected chi connectivity index (χ0v) is 12.9. The van der Waals surface area contributed by atoms with E-state index < -0.39 is 18.0 Å². The van der Waals surface area contributed by atoms with Crippen LogP contribution < -0.4 is 10.6 Å². The van der Waals surface area contributed by atoms with Crippen molar-refractivity contribution in [3.05, 3.63) is 0 Å². The number of carboxylic acids is 1. The lowest BCUT2D eigenvalue weighted by Gasteiger charge is -2.33. The average Bonchev–Trinajstić information content (AvgIpc) is 2.42. The number of amides is 2. The van der Waals surface area contributed by atoms with E-state index >= 15 is 0 Å². The van der Waals surface area contributed by atoms with Crippen LogP contribution in [0.1, 0.15) is 26.2 Å². The summed E-state index contributed by atoms with van der Waals surface area (Å²) in [6.45, 7) is 4.08. The number of carbonyl (C=O) groups excluding carboxylic acids is 1. The lowest BCUT2D eigenvalue weighted by atomic mass is 9.82. The minimum Gasteiger partial charge on any atom is -0.480 e. The van der Waals surface area contributed by atoms with E-state index in [9.17, 15) is 9.59 Å². The molecule has 3 N–H and O–H groups in total. The molecular formula is C13H24N2O4S. The van der Waals surface area contributed by atoms with E-state index in [1.165, 1.54) is 0 Å². The van der Waals surface area contributed by atoms with E-state index in [1.54, 1.807) is 11.8 Å². The smallest absolute Gasteiger partial charge is 0.326 e. The number of rotatable bonds is 7. The molecule has 1 unspecified atom stereocenters. The van der Waals surface area contributed by atoms with Crippen LogP contribution in [0.25, 0.3) is 0 Å². The van der Waals surface area contributed by atoms with Gasteiger partial charge in [0.25, 0.3) is 0 Å². The van der Waals surface area contributed by atoms with Gasteiger partial charge in [-0.15, -0.1) is 0 Å². The van der Waals surface area contributed by atoms with Crippen LogP contribution >= 0.6 is 11.8 Å². The molecule has 20 heavy (non-hydrogen) atoms. The number of nitrogens with one attached hydrogen (secondary N) is 2. The third kappa shape index (κ3) is 6.00. The van der Waals surface area contributed by atoms with Gasteiger partial charge in [0.05, 0.1) is 0 Å². The Balaban J connectivity index is 2.35. The topological polar surface area (TPSA) is 87.7 Å². The third-order valence-corrected chi connectivity index (χ3v) is 4.23. The van der Waals surface area contributed by atoms with Crippen LogP contribution in [0.3, 0.4) is 0 Å². The lowest BCUT2D eigenvalue weighted by Crippen LogP contribution is -2.49. The van der Waals surface area contributed by atoms with Crippen LogP contribution in [0.5, 0.6) is 0 Å². The van der Waals surface area contributed by atoms with Crippen molar-refractivity contribution >= 4 is 23.8 Å². The van der Waals surface area contributed by atoms with Crippen LogP contribution in [0.15, 0.2) is 0 Å². The Morgan fingerprint density at radius 2 is 2.05 bits per heavy atom. The molecule has 1 saturated heterocycles. The Morgan fingerprint density at radius 3 is 2.60 bits per heavy atom. The second kappa shape index (κ2) is 8.36. The summed E-state index contributed by atoms with van der Waals surface area (Å²) >= 11 is 1.56. The molecule has 116 valence electrons. The fourth-order valence-corrected chi connectivity index (χ4v) is 2.51. The molecule has 7 heteroatoms. The molecule has 0 spiro atoms. The fourth-order valence-electron chi connectivity index (χ4n) is 2.04. The maximum absolute atomic E-state index is 11.8. The first-order valence-corrected chi connectivity index (χ1v) is 8.20. The van der Waals surface area contributed by atoms with E-state index in [0.717, 1.165) is 12.8 Å². The predicted molar refractivity (Wildman–Crippen MR) is 79.1 cm³/mol. The van der Waals surface area contributed by atoms with E-state index in [2.05, 4.69) is 17.6 Å². The quantitative estimate of drug-likeness (QED) is 0.660. The molecule has 1 atom stereocenters. The van der Waals surface area contributed by atoms with E-state index in [-0.39, 0.29) is 5.41 Å². The molecule has 0 aliphatic carbocycles. The van der Waals surface area contributed by atoms with Crippen LogP contribution in [-0.4, -0.2) is 54.9 Å². The van der Waals surface area contributed by atoms with Crippen molar-refractivity contribution in [1.29, 1.82) is 0 Å². The standard InChI is InChI=1S/C13H24N2O4S/c1-13(4-6-19-7-5-13)9-14-12(18)15-10(11(16)17)3-8-20-2/h10H,3-9H2,1-2H3,(H,16,17)(H2,14,15,18). The second-order valence-electron chi connectivity index (χ2n) is 5.42. The third-order valence-electron chi connectivity index (χ3n) is 3.59. The van der Waals surface area contributed by atoms with Crippen LogP contribution in [0.4, 0.5) is 4.79 Å². The second-order valence-corrected chi connectivity index (χ2v) is 6.41. The predicted octanol–water partition coefficient (Wildman–Crippen LogP) is 1.31. The Kier molecular flexibility index (Phi) is 7.15. The summed E-state index contributed by atoms with van der Waals surface area (Å²) in [5, 5.41) is 14.3. The molecular weight excluding hydrogens is 280 g/mol. The van der Waals surface area contributed by atoms with Crippen LogP contribution in [0, 0.1) is 5.41 Å². The highest BCUT2D eigenvalue weighted by Gasteiger charge is 2.28. The van der Waals surface area contributed by atoms with Gasteiger partial charge < -0.3 is 20.5 Å². The van der Waals surface area contributed by atoms with Crippen molar-refractivity contribution in [3.8, 4) is 0 Å². The van der Waals surface area contributed by atoms with Gasteiger partial charge >= 0.3 is 12.0 Å². The van der Waals surface area contributed by atoms with E-state index in [0.29, 0.717) is 31.9 Å². The maximum Gasteiger partial charge on any atom is 0.326 e. The molecule has 1 rings (SSSR count). The highest BCUT2D eigenvalue weighted by atomic mass is 32.2. The SMILES string of the molecule is CSCCC(NC(=O)NCC1(C)CCOCC1)C(=O)O. The summed E-state index contributed by atoms with van der Waals surface area (Å²) in [7, 11) is 0. The van der Waals surface area contributed by atoms with Gasteiger partial charge in [0.15, 0.2) is 0 Å². The number of thioether (sulfide) groups is 1. The number of ether oxygens (including phenoxy) is 1. The van der Waals surface area contributed by atoms with Crippen molar-refractivity contribution in [2.24, 2.45) is 5.41 Å². The van der Waals surface area contributed by atoms with Gasteiger partial charge in [0.2, 0.25) is 0 Å². The minimum atomic E-state index is -0.994. The Bertz CT molecular complexity index is 332. The summed E-state index contributed by atoms with van der Waals surface area (Å²) in [5.41, 5.74) is 0.0353. The molecule has 1 fully saturated rings. The van der Waals surface area contributed by atoms with Crippen molar-refractivity contribution < 1.29 is 19.4 Å². The summed E-state index contributed by atoms with van der Waals surface area (Å²) < 4.78 is 5.30. The molecule has 1 aliphatic rings. The van der Waals surface area contributed by atoms with Gasteiger partial charge in [-0.2, -0.15) is 11.8 Å². The first-order chi connectivity index (χ1) is 9.47. The molecule has 0 radical (unpaired) electrons. The Labute approximate surface area is 124 Å². The molecule has 0 saturated carbocycles. The van der Waals surface area contributed by atoms with Gasteiger partial charge in [0, 0.05) is 19.8 Å². The molecule has 1 aliphatic heterocycles. The van der Waals surface area contributed by atoms with Gasteiger partial charge in [0.1, 0.15) is 6.04 Å². The Morgan fingerprint density at radius 1 is 1.40 bits per heavy atom. The van der Waals surface area contributed by atoms with Gasteiger partial charge in [-0.05, 0) is 36.7 Å². The highest BCUT2D eigenvalue weighted by molar-refractivity contribution is 7.98. The number of urea groups is 1. The molecule has 0 aromatic heterocycles. The van der Waals surface area contributed by atoms with E-state index in [4.69, 9.17) is 9.84 Å². The van der Waals surface area contributed by atoms with Crippen molar-refractivity contribution in [2.75, 3.05) is 31.8 Å². The normalized spacial score (nSPS) is 19.1.